The summed E-state index contributed by atoms with van der Waals surface area (Å²) < 4.78 is 0. The molecule has 0 aliphatic rings. The number of benzene rings is 1. The van der Waals surface area contributed by atoms with Crippen LogP contribution in [0.15, 0.2) is 18.2 Å². The van der Waals surface area contributed by atoms with Crippen molar-refractivity contribution in [2.45, 2.75) is 26.8 Å². The molecule has 0 aliphatic heterocycles. The van der Waals surface area contributed by atoms with E-state index >= 15 is 0 Å². The normalized spacial score (nSPS) is 12.1. The molecule has 1 amide bonds. The van der Waals surface area contributed by atoms with E-state index in [0.717, 1.165) is 0 Å². The zero-order valence-electron chi connectivity index (χ0n) is 12.5. The first-order chi connectivity index (χ1) is 9.23. The third-order valence-corrected chi connectivity index (χ3v) is 3.27. The molecule has 1 aromatic rings. The average Bonchev–Trinajstić information content (AvgIpc) is 2.37. The first-order valence-electron chi connectivity index (χ1n) is 6.50. The second-order valence-electron chi connectivity index (χ2n) is 5.36. The Hall–Kier alpha value is -2.11. The lowest BCUT2D eigenvalue weighted by Gasteiger charge is -2.18. The standard InChI is InChI=1S/C14H21N3O3/c1-9(2)10(3)15-14(18)11-6-7-12(16(4)5)13(8-11)17(19)20/h6-10H,1-5H3,(H,15,18). The number of nitro groups is 1. The van der Waals surface area contributed by atoms with E-state index in [1.165, 1.54) is 6.07 Å². The minimum absolute atomic E-state index is 0.00933. The van der Waals surface area contributed by atoms with Gasteiger partial charge in [-0.05, 0) is 25.0 Å². The quantitative estimate of drug-likeness (QED) is 0.663. The van der Waals surface area contributed by atoms with Crippen LogP contribution in [0.1, 0.15) is 31.1 Å². The number of rotatable bonds is 5. The molecular formula is C14H21N3O3. The third kappa shape index (κ3) is 3.69. The molecule has 1 N–H and O–H groups in total. The van der Waals surface area contributed by atoms with E-state index < -0.39 is 4.92 Å². The molecule has 0 aromatic heterocycles. The zero-order valence-corrected chi connectivity index (χ0v) is 12.5. The van der Waals surface area contributed by atoms with Crippen LogP contribution >= 0.6 is 0 Å². The van der Waals surface area contributed by atoms with Crippen molar-refractivity contribution >= 4 is 17.3 Å². The van der Waals surface area contributed by atoms with Gasteiger partial charge in [0.25, 0.3) is 11.6 Å². The molecule has 1 aromatic carbocycles. The molecule has 6 heteroatoms. The van der Waals surface area contributed by atoms with Gasteiger partial charge in [0, 0.05) is 31.8 Å². The van der Waals surface area contributed by atoms with Gasteiger partial charge in [-0.25, -0.2) is 0 Å². The lowest BCUT2D eigenvalue weighted by Crippen LogP contribution is -2.36. The van der Waals surface area contributed by atoms with Crippen molar-refractivity contribution in [3.05, 3.63) is 33.9 Å². The van der Waals surface area contributed by atoms with Gasteiger partial charge in [-0.2, -0.15) is 0 Å². The fraction of sp³-hybridized carbons (Fsp3) is 0.500. The summed E-state index contributed by atoms with van der Waals surface area (Å²) in [5.74, 6) is 0.00888. The summed E-state index contributed by atoms with van der Waals surface area (Å²) in [5.41, 5.74) is 0.707. The Labute approximate surface area is 118 Å². The minimum Gasteiger partial charge on any atom is -0.372 e. The summed E-state index contributed by atoms with van der Waals surface area (Å²) in [6, 6.07) is 4.52. The number of nitrogens with one attached hydrogen (secondary N) is 1. The maximum Gasteiger partial charge on any atom is 0.293 e. The molecule has 20 heavy (non-hydrogen) atoms. The Morgan fingerprint density at radius 1 is 1.30 bits per heavy atom. The molecule has 0 heterocycles. The van der Waals surface area contributed by atoms with Crippen molar-refractivity contribution in [3.63, 3.8) is 0 Å². The number of amides is 1. The van der Waals surface area contributed by atoms with Crippen LogP contribution in [-0.2, 0) is 0 Å². The van der Waals surface area contributed by atoms with Crippen LogP contribution in [0.2, 0.25) is 0 Å². The Balaban J connectivity index is 3.06. The van der Waals surface area contributed by atoms with E-state index in [-0.39, 0.29) is 17.6 Å². The molecule has 0 aliphatic carbocycles. The second-order valence-corrected chi connectivity index (χ2v) is 5.36. The van der Waals surface area contributed by atoms with Crippen LogP contribution in [-0.4, -0.2) is 31.0 Å². The lowest BCUT2D eigenvalue weighted by atomic mass is 10.1. The average molecular weight is 279 g/mol. The van der Waals surface area contributed by atoms with Gasteiger partial charge in [0.15, 0.2) is 0 Å². The van der Waals surface area contributed by atoms with Crippen molar-refractivity contribution in [2.75, 3.05) is 19.0 Å². The maximum absolute atomic E-state index is 12.1. The number of carbonyl (C=O) groups excluding carboxylic acids is 1. The first-order valence-corrected chi connectivity index (χ1v) is 6.50. The number of nitro benzene ring substituents is 1. The summed E-state index contributed by atoms with van der Waals surface area (Å²) >= 11 is 0. The molecule has 6 nitrogen and oxygen atoms in total. The second kappa shape index (κ2) is 6.36. The highest BCUT2D eigenvalue weighted by Crippen LogP contribution is 2.27. The minimum atomic E-state index is -0.474. The van der Waals surface area contributed by atoms with Gasteiger partial charge in [-0.15, -0.1) is 0 Å². The molecular weight excluding hydrogens is 258 g/mol. The molecule has 110 valence electrons. The first kappa shape index (κ1) is 15.9. The summed E-state index contributed by atoms with van der Waals surface area (Å²) in [5, 5.41) is 13.9. The predicted octanol–water partition coefficient (Wildman–Crippen LogP) is 2.44. The van der Waals surface area contributed by atoms with Gasteiger partial charge in [-0.3, -0.25) is 14.9 Å². The van der Waals surface area contributed by atoms with Gasteiger partial charge in [0.05, 0.1) is 4.92 Å². The lowest BCUT2D eigenvalue weighted by molar-refractivity contribution is -0.384. The summed E-state index contributed by atoms with van der Waals surface area (Å²) in [4.78, 5) is 24.3. The summed E-state index contributed by atoms with van der Waals surface area (Å²) in [6.45, 7) is 5.91. The largest absolute Gasteiger partial charge is 0.372 e. The Kier molecular flexibility index (Phi) is 5.07. The van der Waals surface area contributed by atoms with Crippen molar-refractivity contribution in [1.29, 1.82) is 0 Å². The molecule has 0 radical (unpaired) electrons. The SMILES string of the molecule is CC(C)C(C)NC(=O)c1ccc(N(C)C)c([N+](=O)[O-])c1. The molecule has 1 rings (SSSR count). The zero-order chi connectivity index (χ0) is 15.4. The summed E-state index contributed by atoms with van der Waals surface area (Å²) in [6.07, 6.45) is 0. The van der Waals surface area contributed by atoms with Gasteiger partial charge >= 0.3 is 0 Å². The van der Waals surface area contributed by atoms with Crippen LogP contribution in [0.4, 0.5) is 11.4 Å². The molecule has 1 unspecified atom stereocenters. The van der Waals surface area contributed by atoms with Crippen molar-refractivity contribution < 1.29 is 9.72 Å². The van der Waals surface area contributed by atoms with E-state index in [1.54, 1.807) is 31.1 Å². The Morgan fingerprint density at radius 2 is 1.90 bits per heavy atom. The highest BCUT2D eigenvalue weighted by molar-refractivity contribution is 5.96. The molecule has 0 saturated carbocycles. The number of hydrogen-bond donors (Lipinski definition) is 1. The summed E-state index contributed by atoms with van der Waals surface area (Å²) in [7, 11) is 3.45. The van der Waals surface area contributed by atoms with Crippen LogP contribution in [0, 0.1) is 16.0 Å². The molecule has 0 fully saturated rings. The van der Waals surface area contributed by atoms with Gasteiger partial charge in [0.2, 0.25) is 0 Å². The van der Waals surface area contributed by atoms with E-state index in [1.807, 2.05) is 20.8 Å². The molecule has 0 spiro atoms. The van der Waals surface area contributed by atoms with Crippen molar-refractivity contribution in [3.8, 4) is 0 Å². The molecule has 0 saturated heterocycles. The molecule has 1 atom stereocenters. The van der Waals surface area contributed by atoms with E-state index in [4.69, 9.17) is 0 Å². The van der Waals surface area contributed by atoms with Crippen LogP contribution in [0.3, 0.4) is 0 Å². The predicted molar refractivity (Wildman–Crippen MR) is 79.2 cm³/mol. The maximum atomic E-state index is 12.1. The number of carbonyl (C=O) groups is 1. The highest BCUT2D eigenvalue weighted by Gasteiger charge is 2.20. The van der Waals surface area contributed by atoms with Crippen LogP contribution < -0.4 is 10.2 Å². The fourth-order valence-corrected chi connectivity index (χ4v) is 1.65. The fourth-order valence-electron chi connectivity index (χ4n) is 1.65. The Bertz CT molecular complexity index is 512. The van der Waals surface area contributed by atoms with E-state index in [2.05, 4.69) is 5.32 Å². The third-order valence-electron chi connectivity index (χ3n) is 3.27. The number of hydrogen-bond acceptors (Lipinski definition) is 4. The van der Waals surface area contributed by atoms with E-state index in [0.29, 0.717) is 17.2 Å². The van der Waals surface area contributed by atoms with Crippen molar-refractivity contribution in [1.82, 2.24) is 5.32 Å². The van der Waals surface area contributed by atoms with Crippen molar-refractivity contribution in [2.24, 2.45) is 5.92 Å². The van der Waals surface area contributed by atoms with Crippen LogP contribution in [0.25, 0.3) is 0 Å². The highest BCUT2D eigenvalue weighted by atomic mass is 16.6. The molecule has 0 bridgehead atoms. The van der Waals surface area contributed by atoms with Gasteiger partial charge < -0.3 is 10.2 Å². The Morgan fingerprint density at radius 3 is 2.35 bits per heavy atom. The van der Waals surface area contributed by atoms with E-state index in [9.17, 15) is 14.9 Å². The topological polar surface area (TPSA) is 75.5 Å². The smallest absolute Gasteiger partial charge is 0.293 e. The number of nitrogens with zero attached hydrogens (tertiary/aromatic N) is 2. The van der Waals surface area contributed by atoms with Gasteiger partial charge in [-0.1, -0.05) is 13.8 Å². The monoisotopic (exact) mass is 279 g/mol. The number of anilines is 1. The van der Waals surface area contributed by atoms with Gasteiger partial charge in [0.1, 0.15) is 5.69 Å². The van der Waals surface area contributed by atoms with Crippen LogP contribution in [0.5, 0.6) is 0 Å².